The van der Waals surface area contributed by atoms with E-state index in [0.29, 0.717) is 6.42 Å². The lowest BCUT2D eigenvalue weighted by Crippen LogP contribution is -2.33. The van der Waals surface area contributed by atoms with Crippen LogP contribution in [-0.4, -0.2) is 40.0 Å². The highest BCUT2D eigenvalue weighted by molar-refractivity contribution is 5.84. The Labute approximate surface area is 181 Å². The number of unbranched alkanes of at least 4 members (excludes halogenated alkanes) is 13. The van der Waals surface area contributed by atoms with Crippen LogP contribution in [0.25, 0.3) is 0 Å². The zero-order valence-corrected chi connectivity index (χ0v) is 18.7. The molecule has 0 saturated heterocycles. The summed E-state index contributed by atoms with van der Waals surface area (Å²) in [5, 5.41) is 27.1. The Hall–Kier alpha value is -1.63. The van der Waals surface area contributed by atoms with Gasteiger partial charge in [0.1, 0.15) is 0 Å². The van der Waals surface area contributed by atoms with Gasteiger partial charge in [0.15, 0.2) is 6.79 Å². The monoisotopic (exact) mass is 430 g/mol. The molecule has 0 saturated carbocycles. The molecule has 0 heterocycles. The van der Waals surface area contributed by atoms with Crippen molar-refractivity contribution in [1.82, 2.24) is 0 Å². The van der Waals surface area contributed by atoms with Gasteiger partial charge in [0, 0.05) is 0 Å². The van der Waals surface area contributed by atoms with Gasteiger partial charge in [-0.2, -0.15) is 0 Å². The molecule has 0 spiro atoms. The van der Waals surface area contributed by atoms with Crippen LogP contribution in [0.5, 0.6) is 0 Å². The summed E-state index contributed by atoms with van der Waals surface area (Å²) in [4.78, 5) is 34.4. The number of carboxylic acid groups (broad SMARTS) is 2. The van der Waals surface area contributed by atoms with E-state index < -0.39 is 43.0 Å². The van der Waals surface area contributed by atoms with Crippen LogP contribution < -0.4 is 0 Å². The van der Waals surface area contributed by atoms with Gasteiger partial charge in [0.25, 0.3) is 0 Å². The Morgan fingerprint density at radius 1 is 0.700 bits per heavy atom. The van der Waals surface area contributed by atoms with Crippen LogP contribution >= 0.6 is 0 Å². The first kappa shape index (κ1) is 28.4. The lowest BCUT2D eigenvalue weighted by molar-refractivity contribution is -0.166. The number of esters is 1. The molecule has 0 aromatic rings. The lowest BCUT2D eigenvalue weighted by Gasteiger charge is -2.20. The minimum atomic E-state index is -1.28. The number of aliphatic hydroxyl groups is 1. The summed E-state index contributed by atoms with van der Waals surface area (Å²) >= 11 is 0. The molecular formula is C23H42O7. The van der Waals surface area contributed by atoms with E-state index in [1.807, 2.05) is 0 Å². The van der Waals surface area contributed by atoms with Crippen molar-refractivity contribution < 1.29 is 34.4 Å². The third kappa shape index (κ3) is 15.2. The van der Waals surface area contributed by atoms with Crippen LogP contribution in [0.15, 0.2) is 0 Å². The van der Waals surface area contributed by atoms with Crippen molar-refractivity contribution in [2.75, 3.05) is 6.79 Å². The summed E-state index contributed by atoms with van der Waals surface area (Å²) in [5.41, 5.74) is 0. The van der Waals surface area contributed by atoms with Crippen LogP contribution in [0.2, 0.25) is 0 Å². The van der Waals surface area contributed by atoms with E-state index in [1.54, 1.807) is 0 Å². The van der Waals surface area contributed by atoms with Gasteiger partial charge in [0.2, 0.25) is 0 Å². The molecule has 2 atom stereocenters. The van der Waals surface area contributed by atoms with Gasteiger partial charge >= 0.3 is 17.9 Å². The van der Waals surface area contributed by atoms with Crippen molar-refractivity contribution in [3.63, 3.8) is 0 Å². The number of aliphatic carboxylic acids is 2. The molecule has 7 nitrogen and oxygen atoms in total. The van der Waals surface area contributed by atoms with E-state index in [9.17, 15) is 19.5 Å². The second kappa shape index (κ2) is 19.3. The van der Waals surface area contributed by atoms with Gasteiger partial charge in [-0.05, 0) is 6.42 Å². The lowest BCUT2D eigenvalue weighted by atomic mass is 9.85. The Kier molecular flexibility index (Phi) is 18.3. The number of hydrogen-bond acceptors (Lipinski definition) is 5. The zero-order valence-electron chi connectivity index (χ0n) is 18.7. The number of carbonyl (C=O) groups excluding carboxylic acids is 1. The van der Waals surface area contributed by atoms with E-state index in [0.717, 1.165) is 19.3 Å². The maximum atomic E-state index is 11.9. The van der Waals surface area contributed by atoms with Crippen LogP contribution in [0, 0.1) is 11.8 Å². The summed E-state index contributed by atoms with van der Waals surface area (Å²) in [6, 6.07) is 0. The Morgan fingerprint density at radius 2 is 1.13 bits per heavy atom. The third-order valence-corrected chi connectivity index (χ3v) is 5.58. The first-order valence-corrected chi connectivity index (χ1v) is 11.7. The topological polar surface area (TPSA) is 121 Å². The van der Waals surface area contributed by atoms with E-state index in [2.05, 4.69) is 11.7 Å². The van der Waals surface area contributed by atoms with Gasteiger partial charge < -0.3 is 20.1 Å². The fourth-order valence-corrected chi connectivity index (χ4v) is 3.80. The fraction of sp³-hybridized carbons (Fsp3) is 0.870. The molecule has 0 bridgehead atoms. The van der Waals surface area contributed by atoms with Crippen LogP contribution in [0.4, 0.5) is 0 Å². The number of hydrogen-bond donors (Lipinski definition) is 3. The van der Waals surface area contributed by atoms with Gasteiger partial charge in [-0.3, -0.25) is 14.4 Å². The molecule has 0 aromatic carbocycles. The molecule has 0 aromatic heterocycles. The highest BCUT2D eigenvalue weighted by Gasteiger charge is 2.36. The predicted octanol–water partition coefficient (Wildman–Crippen LogP) is 5.14. The van der Waals surface area contributed by atoms with Crippen LogP contribution in [-0.2, 0) is 19.1 Å². The van der Waals surface area contributed by atoms with Gasteiger partial charge in [-0.15, -0.1) is 0 Å². The second-order valence-electron chi connectivity index (χ2n) is 8.13. The molecular weight excluding hydrogens is 388 g/mol. The van der Waals surface area contributed by atoms with Crippen molar-refractivity contribution in [3.05, 3.63) is 0 Å². The first-order chi connectivity index (χ1) is 14.4. The molecule has 0 aliphatic heterocycles. The Balaban J connectivity index is 3.94. The predicted molar refractivity (Wildman–Crippen MR) is 115 cm³/mol. The number of carbonyl (C=O) groups is 3. The third-order valence-electron chi connectivity index (χ3n) is 5.58. The highest BCUT2D eigenvalue weighted by atomic mass is 16.6. The summed E-state index contributed by atoms with van der Waals surface area (Å²) < 4.78 is 4.45. The Morgan fingerprint density at radius 3 is 1.50 bits per heavy atom. The zero-order chi connectivity index (χ0) is 22.6. The largest absolute Gasteiger partial charge is 0.481 e. The maximum absolute atomic E-state index is 11.9. The molecule has 2 unspecified atom stereocenters. The average molecular weight is 431 g/mol. The quantitative estimate of drug-likeness (QED) is 0.131. The SMILES string of the molecule is CCCCCCCCCCCCCCCCC(C(=O)O)C(CC(=O)O)C(=O)OCO. The summed E-state index contributed by atoms with van der Waals surface area (Å²) in [6.45, 7) is 1.34. The molecule has 7 heteroatoms. The highest BCUT2D eigenvalue weighted by Crippen LogP contribution is 2.25. The Bertz CT molecular complexity index is 464. The van der Waals surface area contributed by atoms with Gasteiger partial charge in [0.05, 0.1) is 18.3 Å². The first-order valence-electron chi connectivity index (χ1n) is 11.7. The minimum Gasteiger partial charge on any atom is -0.481 e. The summed E-state index contributed by atoms with van der Waals surface area (Å²) in [6.07, 6.45) is 16.2. The van der Waals surface area contributed by atoms with Crippen molar-refractivity contribution in [2.45, 2.75) is 110 Å². The normalized spacial score (nSPS) is 13.0. The molecule has 0 radical (unpaired) electrons. The summed E-state index contributed by atoms with van der Waals surface area (Å²) in [5.74, 6) is -5.84. The van der Waals surface area contributed by atoms with Crippen LogP contribution in [0.3, 0.4) is 0 Å². The fourth-order valence-electron chi connectivity index (χ4n) is 3.80. The second-order valence-corrected chi connectivity index (χ2v) is 8.13. The smallest absolute Gasteiger partial charge is 0.312 e. The van der Waals surface area contributed by atoms with E-state index >= 15 is 0 Å². The number of aliphatic hydroxyl groups excluding tert-OH is 1. The summed E-state index contributed by atoms with van der Waals surface area (Å²) in [7, 11) is 0. The van der Waals surface area contributed by atoms with Crippen molar-refractivity contribution in [1.29, 1.82) is 0 Å². The molecule has 0 aliphatic rings. The van der Waals surface area contributed by atoms with Crippen molar-refractivity contribution in [2.24, 2.45) is 11.8 Å². The van der Waals surface area contributed by atoms with Gasteiger partial charge in [-0.25, -0.2) is 0 Å². The molecule has 176 valence electrons. The maximum Gasteiger partial charge on any atom is 0.312 e. The van der Waals surface area contributed by atoms with Crippen molar-refractivity contribution in [3.8, 4) is 0 Å². The van der Waals surface area contributed by atoms with Crippen LogP contribution in [0.1, 0.15) is 110 Å². The standard InChI is InChI=1S/C23H42O7/c1-2-3-4-5-6-7-8-9-10-11-12-13-14-15-16-19(22(27)28)20(17-21(25)26)23(29)30-18-24/h19-20,24H,2-18H2,1H3,(H,25,26)(H,27,28). The molecule has 0 amide bonds. The van der Waals surface area contributed by atoms with E-state index in [-0.39, 0.29) is 6.42 Å². The minimum absolute atomic E-state index is 0.228. The average Bonchev–Trinajstić information content (AvgIpc) is 2.69. The molecule has 0 rings (SSSR count). The number of ether oxygens (including phenoxy) is 1. The van der Waals surface area contributed by atoms with E-state index in [1.165, 1.54) is 64.2 Å². The molecule has 0 aliphatic carbocycles. The number of carboxylic acids is 2. The van der Waals surface area contributed by atoms with Gasteiger partial charge in [-0.1, -0.05) is 96.8 Å². The van der Waals surface area contributed by atoms with Crippen molar-refractivity contribution >= 4 is 17.9 Å². The molecule has 30 heavy (non-hydrogen) atoms. The molecule has 0 fully saturated rings. The van der Waals surface area contributed by atoms with E-state index in [4.69, 9.17) is 10.2 Å². The number of rotatable bonds is 21. The molecule has 3 N–H and O–H groups in total.